The van der Waals surface area contributed by atoms with E-state index in [1.54, 1.807) is 14.2 Å². The van der Waals surface area contributed by atoms with Crippen LogP contribution >= 0.6 is 11.8 Å². The van der Waals surface area contributed by atoms with E-state index in [2.05, 4.69) is 21.2 Å². The van der Waals surface area contributed by atoms with Gasteiger partial charge in [-0.2, -0.15) is 0 Å². The zero-order chi connectivity index (χ0) is 25.4. The van der Waals surface area contributed by atoms with Gasteiger partial charge in [0.05, 0.1) is 25.7 Å². The summed E-state index contributed by atoms with van der Waals surface area (Å²) >= 11 is 1.36. The van der Waals surface area contributed by atoms with Gasteiger partial charge in [0, 0.05) is 41.0 Å². The minimum atomic E-state index is 0.0377. The van der Waals surface area contributed by atoms with Gasteiger partial charge in [-0.05, 0) is 36.2 Å². The van der Waals surface area contributed by atoms with E-state index >= 15 is 0 Å². The van der Waals surface area contributed by atoms with Crippen LogP contribution in [-0.2, 0) is 11.2 Å². The third-order valence-corrected chi connectivity index (χ3v) is 7.52. The topological polar surface area (TPSA) is 85.3 Å². The number of amides is 1. The SMILES string of the molecule is COc1ccc(OC)c(-n2c(SCC(=O)N3CCc4ccccc43)nnc2-c2c[nH]c3ccccc23)c1. The van der Waals surface area contributed by atoms with Crippen molar-refractivity contribution in [3.8, 4) is 28.6 Å². The van der Waals surface area contributed by atoms with Gasteiger partial charge < -0.3 is 19.4 Å². The maximum Gasteiger partial charge on any atom is 0.237 e. The maximum absolute atomic E-state index is 13.3. The first-order valence-corrected chi connectivity index (χ1v) is 12.9. The number of nitrogens with one attached hydrogen (secondary N) is 1. The van der Waals surface area contributed by atoms with Crippen LogP contribution in [-0.4, -0.2) is 52.2 Å². The van der Waals surface area contributed by atoms with Crippen LogP contribution in [0.2, 0.25) is 0 Å². The monoisotopic (exact) mass is 511 g/mol. The number of carbonyl (C=O) groups is 1. The molecule has 5 aromatic rings. The molecular weight excluding hydrogens is 486 g/mol. The number of benzene rings is 3. The Bertz CT molecular complexity index is 1610. The van der Waals surface area contributed by atoms with E-state index in [9.17, 15) is 4.79 Å². The number of aromatic nitrogens is 4. The van der Waals surface area contributed by atoms with E-state index < -0.39 is 0 Å². The third-order valence-electron chi connectivity index (χ3n) is 6.60. The standard InChI is InChI=1S/C28H25N5O3S/c1-35-19-11-12-25(36-2)24(15-19)33-27(21-16-29-22-9-5-4-8-20(21)22)30-31-28(33)37-17-26(34)32-14-13-18-7-3-6-10-23(18)32/h3-12,15-16,29H,13-14,17H2,1-2H3. The van der Waals surface area contributed by atoms with Crippen molar-refractivity contribution in [2.24, 2.45) is 0 Å². The molecule has 2 aromatic heterocycles. The lowest BCUT2D eigenvalue weighted by molar-refractivity contribution is -0.116. The molecule has 0 radical (unpaired) electrons. The first kappa shape index (κ1) is 23.2. The molecule has 0 aliphatic carbocycles. The summed E-state index contributed by atoms with van der Waals surface area (Å²) in [6, 6.07) is 21.7. The minimum Gasteiger partial charge on any atom is -0.497 e. The van der Waals surface area contributed by atoms with E-state index in [-0.39, 0.29) is 11.7 Å². The fourth-order valence-electron chi connectivity index (χ4n) is 4.78. The van der Waals surface area contributed by atoms with Crippen molar-refractivity contribution in [2.75, 3.05) is 31.4 Å². The zero-order valence-corrected chi connectivity index (χ0v) is 21.3. The number of nitrogens with zero attached hydrogens (tertiary/aromatic N) is 4. The smallest absolute Gasteiger partial charge is 0.237 e. The van der Waals surface area contributed by atoms with Crippen molar-refractivity contribution in [3.05, 3.63) is 78.5 Å². The molecule has 0 saturated carbocycles. The molecule has 0 bridgehead atoms. The van der Waals surface area contributed by atoms with Gasteiger partial charge in [0.25, 0.3) is 0 Å². The molecule has 1 amide bonds. The van der Waals surface area contributed by atoms with Crippen molar-refractivity contribution in [1.82, 2.24) is 19.7 Å². The number of ether oxygens (including phenoxy) is 2. The molecule has 1 aliphatic heterocycles. The van der Waals surface area contributed by atoms with Gasteiger partial charge >= 0.3 is 0 Å². The summed E-state index contributed by atoms with van der Waals surface area (Å²) in [7, 11) is 3.25. The van der Waals surface area contributed by atoms with Gasteiger partial charge in [-0.15, -0.1) is 10.2 Å². The van der Waals surface area contributed by atoms with Gasteiger partial charge in [-0.25, -0.2) is 0 Å². The fraction of sp³-hybridized carbons (Fsp3) is 0.179. The van der Waals surface area contributed by atoms with Crippen LogP contribution in [0.15, 0.2) is 78.1 Å². The van der Waals surface area contributed by atoms with Crippen LogP contribution in [0.25, 0.3) is 28.0 Å². The number of anilines is 1. The Morgan fingerprint density at radius 1 is 1.00 bits per heavy atom. The molecule has 9 heteroatoms. The van der Waals surface area contributed by atoms with E-state index in [0.29, 0.717) is 29.0 Å². The number of hydrogen-bond acceptors (Lipinski definition) is 6. The normalized spacial score (nSPS) is 12.6. The second-order valence-corrected chi connectivity index (χ2v) is 9.58. The third kappa shape index (κ3) is 4.11. The Morgan fingerprint density at radius 3 is 2.70 bits per heavy atom. The van der Waals surface area contributed by atoms with Gasteiger partial charge in [0.15, 0.2) is 11.0 Å². The molecule has 3 aromatic carbocycles. The Labute approximate surface area is 218 Å². The fourth-order valence-corrected chi connectivity index (χ4v) is 5.61. The summed E-state index contributed by atoms with van der Waals surface area (Å²) in [5.41, 5.74) is 4.82. The largest absolute Gasteiger partial charge is 0.497 e. The number of carbonyl (C=O) groups excluding carboxylic acids is 1. The Balaban J connectivity index is 1.41. The van der Waals surface area contributed by atoms with Crippen LogP contribution in [0, 0.1) is 0 Å². The van der Waals surface area contributed by atoms with E-state index in [1.807, 2.05) is 76.3 Å². The van der Waals surface area contributed by atoms with E-state index in [0.717, 1.165) is 34.3 Å². The number of fused-ring (bicyclic) bond motifs is 2. The zero-order valence-electron chi connectivity index (χ0n) is 20.5. The predicted octanol–water partition coefficient (Wildman–Crippen LogP) is 5.11. The average Bonchev–Trinajstić information content (AvgIpc) is 3.67. The quantitative estimate of drug-likeness (QED) is 0.306. The molecule has 6 rings (SSSR count). The number of para-hydroxylation sites is 2. The van der Waals surface area contributed by atoms with Gasteiger partial charge in [-0.1, -0.05) is 48.2 Å². The summed E-state index contributed by atoms with van der Waals surface area (Å²) in [5, 5.41) is 10.7. The highest BCUT2D eigenvalue weighted by Gasteiger charge is 2.26. The molecule has 1 N–H and O–H groups in total. The average molecular weight is 512 g/mol. The van der Waals surface area contributed by atoms with Gasteiger partial charge in [-0.3, -0.25) is 9.36 Å². The Kier molecular flexibility index (Phi) is 6.05. The molecule has 37 heavy (non-hydrogen) atoms. The summed E-state index contributed by atoms with van der Waals surface area (Å²) in [4.78, 5) is 18.4. The van der Waals surface area contributed by atoms with Gasteiger partial charge in [0.2, 0.25) is 5.91 Å². The first-order chi connectivity index (χ1) is 18.2. The minimum absolute atomic E-state index is 0.0377. The number of hydrogen-bond donors (Lipinski definition) is 1. The van der Waals surface area contributed by atoms with Crippen LogP contribution in [0.5, 0.6) is 11.5 Å². The molecular formula is C28H25N5O3S. The van der Waals surface area contributed by atoms with E-state index in [1.165, 1.54) is 17.3 Å². The lowest BCUT2D eigenvalue weighted by Gasteiger charge is -2.18. The van der Waals surface area contributed by atoms with Crippen molar-refractivity contribution in [3.63, 3.8) is 0 Å². The van der Waals surface area contributed by atoms with Crippen LogP contribution in [0.3, 0.4) is 0 Å². The highest BCUT2D eigenvalue weighted by atomic mass is 32.2. The Hall–Kier alpha value is -4.24. The molecule has 1 aliphatic rings. The lowest BCUT2D eigenvalue weighted by atomic mass is 10.1. The van der Waals surface area contributed by atoms with Gasteiger partial charge in [0.1, 0.15) is 11.5 Å². The predicted molar refractivity (Wildman–Crippen MR) is 145 cm³/mol. The molecule has 3 heterocycles. The first-order valence-electron chi connectivity index (χ1n) is 11.9. The molecule has 0 unspecified atom stereocenters. The molecule has 0 fully saturated rings. The van der Waals surface area contributed by atoms with Crippen molar-refractivity contribution >= 4 is 34.3 Å². The number of aromatic amines is 1. The molecule has 0 spiro atoms. The van der Waals surface area contributed by atoms with Crippen LogP contribution in [0.1, 0.15) is 5.56 Å². The number of H-pyrrole nitrogens is 1. The summed E-state index contributed by atoms with van der Waals surface area (Å²) in [5.74, 6) is 2.23. The van der Waals surface area contributed by atoms with Crippen LogP contribution < -0.4 is 14.4 Å². The lowest BCUT2D eigenvalue weighted by Crippen LogP contribution is -2.30. The second-order valence-electron chi connectivity index (χ2n) is 8.64. The van der Waals surface area contributed by atoms with Crippen molar-refractivity contribution in [2.45, 2.75) is 11.6 Å². The summed E-state index contributed by atoms with van der Waals surface area (Å²) < 4.78 is 13.2. The Morgan fingerprint density at radius 2 is 1.84 bits per heavy atom. The molecule has 186 valence electrons. The highest BCUT2D eigenvalue weighted by Crippen LogP contribution is 2.37. The van der Waals surface area contributed by atoms with E-state index in [4.69, 9.17) is 9.47 Å². The highest BCUT2D eigenvalue weighted by molar-refractivity contribution is 7.99. The van der Waals surface area contributed by atoms with Crippen molar-refractivity contribution in [1.29, 1.82) is 0 Å². The number of rotatable bonds is 7. The molecule has 0 atom stereocenters. The maximum atomic E-state index is 13.3. The van der Waals surface area contributed by atoms with Crippen molar-refractivity contribution < 1.29 is 14.3 Å². The number of thioether (sulfide) groups is 1. The molecule has 0 saturated heterocycles. The molecule has 8 nitrogen and oxygen atoms in total. The summed E-state index contributed by atoms with van der Waals surface area (Å²) in [6.45, 7) is 0.690. The number of methoxy groups -OCH3 is 2. The van der Waals surface area contributed by atoms with Crippen LogP contribution in [0.4, 0.5) is 5.69 Å². The summed E-state index contributed by atoms with van der Waals surface area (Å²) in [6.07, 6.45) is 2.80. The second kappa shape index (κ2) is 9.67.